The van der Waals surface area contributed by atoms with Crippen LogP contribution in [-0.4, -0.2) is 51.2 Å². The highest BCUT2D eigenvalue weighted by atomic mass is 35.5. The largest absolute Gasteiger partial charge is 0.502 e. The molecule has 3 rings (SSSR count). The number of amides is 2. The first-order valence-electron chi connectivity index (χ1n) is 10.0. The maximum Gasteiger partial charge on any atom is 0.277 e. The number of halogens is 2. The summed E-state index contributed by atoms with van der Waals surface area (Å²) in [5, 5.41) is 14.4. The molecular formula is C21H23ClFN5O4. The lowest BCUT2D eigenvalue weighted by Gasteiger charge is -2.39. The molecule has 3 heterocycles. The molecule has 2 N–H and O–H groups in total. The molecule has 0 saturated carbocycles. The average molecular weight is 464 g/mol. The number of carbonyl (C=O) groups is 2. The standard InChI is InChI=1S/C21H23ClFN5O4/c1-3-5-6-9-27-12-26(4-2)21(32)16-18(30)17(29)14(11-28(16)27)20(31)25-10-13-7-8-24-19(22)15(13)23/h3,7-8,11,30H,1,4-6,9-10,12H2,2H3,(H,25,31). The fourth-order valence-corrected chi connectivity index (χ4v) is 3.53. The molecule has 1 aliphatic heterocycles. The molecule has 32 heavy (non-hydrogen) atoms. The predicted molar refractivity (Wildman–Crippen MR) is 117 cm³/mol. The zero-order valence-electron chi connectivity index (χ0n) is 17.5. The minimum absolute atomic E-state index is 0.0838. The molecule has 2 aromatic rings. The van der Waals surface area contributed by atoms with Gasteiger partial charge in [-0.15, -0.1) is 6.58 Å². The lowest BCUT2D eigenvalue weighted by atomic mass is 10.1. The summed E-state index contributed by atoms with van der Waals surface area (Å²) < 4.78 is 15.4. The van der Waals surface area contributed by atoms with Crippen LogP contribution in [0.4, 0.5) is 4.39 Å². The zero-order chi connectivity index (χ0) is 23.4. The van der Waals surface area contributed by atoms with Gasteiger partial charge in [0.2, 0.25) is 5.43 Å². The number of allylic oxidation sites excluding steroid dienone is 1. The minimum atomic E-state index is -0.987. The highest BCUT2D eigenvalue weighted by Gasteiger charge is 2.33. The van der Waals surface area contributed by atoms with Gasteiger partial charge < -0.3 is 15.3 Å². The van der Waals surface area contributed by atoms with Crippen LogP contribution in [0.2, 0.25) is 5.15 Å². The van der Waals surface area contributed by atoms with Crippen molar-refractivity contribution in [3.63, 3.8) is 0 Å². The molecule has 0 aromatic carbocycles. The van der Waals surface area contributed by atoms with Crippen LogP contribution in [0.1, 0.15) is 46.2 Å². The topological polar surface area (TPSA) is 108 Å². The normalized spacial score (nSPS) is 13.2. The number of unbranched alkanes of at least 4 members (excludes halogenated alkanes) is 1. The summed E-state index contributed by atoms with van der Waals surface area (Å²) in [5.41, 5.74) is -1.48. The van der Waals surface area contributed by atoms with E-state index in [1.54, 1.807) is 18.0 Å². The van der Waals surface area contributed by atoms with Crippen molar-refractivity contribution in [3.8, 4) is 5.75 Å². The van der Waals surface area contributed by atoms with Gasteiger partial charge in [0.15, 0.2) is 22.4 Å². The van der Waals surface area contributed by atoms with Crippen molar-refractivity contribution in [2.24, 2.45) is 0 Å². The van der Waals surface area contributed by atoms with E-state index in [0.717, 1.165) is 6.42 Å². The minimum Gasteiger partial charge on any atom is -0.502 e. The first-order chi connectivity index (χ1) is 15.3. The molecule has 0 spiro atoms. The molecule has 0 saturated heterocycles. The number of rotatable bonds is 8. The number of carbonyl (C=O) groups excluding carboxylic acids is 2. The van der Waals surface area contributed by atoms with Gasteiger partial charge in [-0.3, -0.25) is 24.1 Å². The highest BCUT2D eigenvalue weighted by molar-refractivity contribution is 6.29. The number of nitrogens with one attached hydrogen (secondary N) is 1. The molecule has 11 heteroatoms. The molecule has 9 nitrogen and oxygen atoms in total. The van der Waals surface area contributed by atoms with E-state index >= 15 is 0 Å². The second-order valence-electron chi connectivity index (χ2n) is 7.13. The maximum atomic E-state index is 14.0. The predicted octanol–water partition coefficient (Wildman–Crippen LogP) is 2.01. The SMILES string of the molecule is C=CCCCN1CN(CC)C(=O)c2c(O)c(=O)c(C(=O)NCc3ccnc(Cl)c3F)cn21. The van der Waals surface area contributed by atoms with Gasteiger partial charge in [-0.25, -0.2) is 9.37 Å². The van der Waals surface area contributed by atoms with E-state index in [2.05, 4.69) is 16.9 Å². The number of nitrogens with zero attached hydrogens (tertiary/aromatic N) is 4. The van der Waals surface area contributed by atoms with Crippen LogP contribution in [0.25, 0.3) is 0 Å². The molecule has 2 aromatic heterocycles. The number of aromatic nitrogens is 2. The third kappa shape index (κ3) is 4.45. The van der Waals surface area contributed by atoms with Crippen molar-refractivity contribution in [1.29, 1.82) is 0 Å². The van der Waals surface area contributed by atoms with Crippen LogP contribution >= 0.6 is 11.6 Å². The Bertz CT molecular complexity index is 1120. The lowest BCUT2D eigenvalue weighted by Crippen LogP contribution is -2.54. The summed E-state index contributed by atoms with van der Waals surface area (Å²) in [6.45, 7) is 6.33. The number of fused-ring (bicyclic) bond motifs is 1. The lowest BCUT2D eigenvalue weighted by molar-refractivity contribution is 0.0695. The van der Waals surface area contributed by atoms with Crippen LogP contribution in [0.5, 0.6) is 5.75 Å². The van der Waals surface area contributed by atoms with Crippen molar-refractivity contribution in [3.05, 3.63) is 69.1 Å². The Hall–Kier alpha value is -3.40. The van der Waals surface area contributed by atoms with Gasteiger partial charge in [-0.1, -0.05) is 17.7 Å². The van der Waals surface area contributed by atoms with E-state index in [-0.39, 0.29) is 35.2 Å². The smallest absolute Gasteiger partial charge is 0.277 e. The van der Waals surface area contributed by atoms with Gasteiger partial charge in [0.1, 0.15) is 12.2 Å². The van der Waals surface area contributed by atoms with Crippen LogP contribution in [0.15, 0.2) is 35.9 Å². The molecule has 0 unspecified atom stereocenters. The number of aromatic hydroxyl groups is 1. The molecule has 0 bridgehead atoms. The maximum absolute atomic E-state index is 14.0. The second-order valence-corrected chi connectivity index (χ2v) is 7.49. The Morgan fingerprint density at radius 2 is 2.19 bits per heavy atom. The van der Waals surface area contributed by atoms with Crippen molar-refractivity contribution < 1.29 is 19.1 Å². The first-order valence-corrected chi connectivity index (χ1v) is 10.4. The zero-order valence-corrected chi connectivity index (χ0v) is 18.2. The summed E-state index contributed by atoms with van der Waals surface area (Å²) in [5.74, 6) is -2.93. The summed E-state index contributed by atoms with van der Waals surface area (Å²) in [7, 11) is 0. The van der Waals surface area contributed by atoms with E-state index in [0.29, 0.717) is 19.5 Å². The van der Waals surface area contributed by atoms with Crippen molar-refractivity contribution >= 4 is 23.4 Å². The van der Waals surface area contributed by atoms with Gasteiger partial charge in [-0.05, 0) is 25.8 Å². The molecule has 0 fully saturated rings. The number of pyridine rings is 2. The van der Waals surface area contributed by atoms with E-state index in [4.69, 9.17) is 11.6 Å². The summed E-state index contributed by atoms with van der Waals surface area (Å²) in [6, 6.07) is 1.35. The monoisotopic (exact) mass is 463 g/mol. The van der Waals surface area contributed by atoms with Gasteiger partial charge in [0.25, 0.3) is 11.8 Å². The van der Waals surface area contributed by atoms with Gasteiger partial charge in [0.05, 0.1) is 0 Å². The summed E-state index contributed by atoms with van der Waals surface area (Å²) in [4.78, 5) is 43.2. The molecule has 2 amide bonds. The fourth-order valence-electron chi connectivity index (χ4n) is 3.35. The molecule has 1 aliphatic rings. The number of hydrogen-bond donors (Lipinski definition) is 2. The van der Waals surface area contributed by atoms with Crippen molar-refractivity contribution in [2.75, 3.05) is 24.8 Å². The van der Waals surface area contributed by atoms with Crippen LogP contribution in [0.3, 0.4) is 0 Å². The Kier molecular flexibility index (Phi) is 7.14. The van der Waals surface area contributed by atoms with E-state index in [9.17, 15) is 23.9 Å². The Morgan fingerprint density at radius 1 is 1.44 bits per heavy atom. The third-order valence-corrected chi connectivity index (χ3v) is 5.37. The van der Waals surface area contributed by atoms with E-state index in [1.807, 2.05) is 0 Å². The summed E-state index contributed by atoms with van der Waals surface area (Å²) >= 11 is 5.64. The van der Waals surface area contributed by atoms with Crippen LogP contribution in [-0.2, 0) is 6.54 Å². The van der Waals surface area contributed by atoms with Crippen molar-refractivity contribution in [2.45, 2.75) is 26.3 Å². The van der Waals surface area contributed by atoms with E-state index in [1.165, 1.54) is 28.0 Å². The quantitative estimate of drug-likeness (QED) is 0.352. The van der Waals surface area contributed by atoms with Crippen LogP contribution in [0, 0.1) is 5.82 Å². The molecule has 0 aliphatic carbocycles. The van der Waals surface area contributed by atoms with Crippen LogP contribution < -0.4 is 15.8 Å². The molecular weight excluding hydrogens is 441 g/mol. The highest BCUT2D eigenvalue weighted by Crippen LogP contribution is 2.22. The van der Waals surface area contributed by atoms with E-state index < -0.39 is 28.8 Å². The molecule has 0 atom stereocenters. The Balaban J connectivity index is 1.95. The molecule has 0 radical (unpaired) electrons. The Labute approximate surface area is 188 Å². The van der Waals surface area contributed by atoms with Gasteiger partial charge in [-0.2, -0.15) is 0 Å². The fraction of sp³-hybridized carbons (Fsp3) is 0.333. The first kappa shape index (κ1) is 23.3. The average Bonchev–Trinajstić information content (AvgIpc) is 2.78. The van der Waals surface area contributed by atoms with Gasteiger partial charge in [0, 0.05) is 37.6 Å². The van der Waals surface area contributed by atoms with Gasteiger partial charge >= 0.3 is 0 Å². The summed E-state index contributed by atoms with van der Waals surface area (Å²) in [6.07, 6.45) is 5.72. The Morgan fingerprint density at radius 3 is 2.88 bits per heavy atom. The molecule has 170 valence electrons. The third-order valence-electron chi connectivity index (χ3n) is 5.11. The van der Waals surface area contributed by atoms with Crippen molar-refractivity contribution in [1.82, 2.24) is 19.9 Å². The second kappa shape index (κ2) is 9.82. The number of hydrogen-bond acceptors (Lipinski definition) is 6.